The second kappa shape index (κ2) is 6.83. The highest BCUT2D eigenvalue weighted by atomic mass is 32.2. The smallest absolute Gasteiger partial charge is 0.264 e. The van der Waals surface area contributed by atoms with Crippen LogP contribution >= 0.6 is 0 Å². The second-order valence-corrected chi connectivity index (χ2v) is 7.15. The number of carbonyl (C=O) groups is 1. The summed E-state index contributed by atoms with van der Waals surface area (Å²) in [6.45, 7) is 3.50. The summed E-state index contributed by atoms with van der Waals surface area (Å²) in [6.07, 6.45) is 0. The number of hydrogen-bond acceptors (Lipinski definition) is 3. The van der Waals surface area contributed by atoms with Crippen LogP contribution in [0.2, 0.25) is 0 Å². The van der Waals surface area contributed by atoms with Crippen LogP contribution in [-0.2, 0) is 14.8 Å². The number of likely N-dealkylation sites (N-methyl/N-ethyl adjacent to an activating group) is 1. The van der Waals surface area contributed by atoms with Crippen molar-refractivity contribution in [2.24, 2.45) is 0 Å². The molecule has 2 aromatic carbocycles. The maximum atomic E-state index is 13.0. The number of aryl methyl sites for hydroxylation is 2. The fourth-order valence-electron chi connectivity index (χ4n) is 2.31. The van der Waals surface area contributed by atoms with Crippen LogP contribution in [0.15, 0.2) is 53.4 Å². The molecule has 0 aliphatic rings. The normalized spacial score (nSPS) is 11.1. The summed E-state index contributed by atoms with van der Waals surface area (Å²) in [7, 11) is -2.34. The number of rotatable bonds is 5. The van der Waals surface area contributed by atoms with Crippen molar-refractivity contribution in [3.05, 3.63) is 59.7 Å². The Balaban J connectivity index is 2.56. The van der Waals surface area contributed by atoms with Gasteiger partial charge in [0.05, 0.1) is 10.6 Å². The van der Waals surface area contributed by atoms with Gasteiger partial charge in [-0.05, 0) is 37.6 Å². The van der Waals surface area contributed by atoms with Crippen LogP contribution in [0, 0.1) is 13.8 Å². The number of anilines is 1. The van der Waals surface area contributed by atoms with Crippen LogP contribution in [0.25, 0.3) is 0 Å². The summed E-state index contributed by atoms with van der Waals surface area (Å²) in [4.78, 5) is 12.0. The van der Waals surface area contributed by atoms with E-state index in [0.29, 0.717) is 5.69 Å². The van der Waals surface area contributed by atoms with Crippen LogP contribution < -0.4 is 9.62 Å². The maximum absolute atomic E-state index is 13.0. The fraction of sp³-hybridized carbons (Fsp3) is 0.235. The number of amides is 1. The third kappa shape index (κ3) is 3.71. The van der Waals surface area contributed by atoms with Gasteiger partial charge in [-0.2, -0.15) is 0 Å². The molecular weight excluding hydrogens is 312 g/mol. The molecule has 2 aromatic rings. The number of carbonyl (C=O) groups excluding carboxylic acids is 1. The molecule has 0 atom stereocenters. The average molecular weight is 332 g/mol. The molecule has 0 aromatic heterocycles. The Hall–Kier alpha value is -2.34. The monoisotopic (exact) mass is 332 g/mol. The van der Waals surface area contributed by atoms with Crippen molar-refractivity contribution >= 4 is 21.6 Å². The minimum absolute atomic E-state index is 0.156. The summed E-state index contributed by atoms with van der Waals surface area (Å²) < 4.78 is 27.1. The lowest BCUT2D eigenvalue weighted by Crippen LogP contribution is -2.40. The van der Waals surface area contributed by atoms with E-state index < -0.39 is 10.0 Å². The molecule has 23 heavy (non-hydrogen) atoms. The number of benzene rings is 2. The Kier molecular flexibility index (Phi) is 5.05. The van der Waals surface area contributed by atoms with Gasteiger partial charge < -0.3 is 5.32 Å². The first-order valence-electron chi connectivity index (χ1n) is 7.22. The summed E-state index contributed by atoms with van der Waals surface area (Å²) in [5.74, 6) is -0.371. The minimum atomic E-state index is -3.82. The van der Waals surface area contributed by atoms with Gasteiger partial charge in [0.2, 0.25) is 5.91 Å². The molecule has 1 N–H and O–H groups in total. The van der Waals surface area contributed by atoms with E-state index in [9.17, 15) is 13.2 Å². The van der Waals surface area contributed by atoms with Gasteiger partial charge in [-0.1, -0.05) is 35.9 Å². The molecule has 0 fully saturated rings. The van der Waals surface area contributed by atoms with Crippen molar-refractivity contribution in [1.82, 2.24) is 5.32 Å². The Morgan fingerprint density at radius 1 is 1.09 bits per heavy atom. The van der Waals surface area contributed by atoms with E-state index in [4.69, 9.17) is 0 Å². The molecule has 6 heteroatoms. The molecule has 2 rings (SSSR count). The van der Waals surface area contributed by atoms with Crippen molar-refractivity contribution in [3.63, 3.8) is 0 Å². The van der Waals surface area contributed by atoms with Crippen LogP contribution in [-0.4, -0.2) is 27.9 Å². The van der Waals surface area contributed by atoms with Gasteiger partial charge in [-0.25, -0.2) is 8.42 Å². The summed E-state index contributed by atoms with van der Waals surface area (Å²) in [5.41, 5.74) is 2.33. The molecule has 0 saturated carbocycles. The zero-order valence-electron chi connectivity index (χ0n) is 13.4. The van der Waals surface area contributed by atoms with E-state index >= 15 is 0 Å². The topological polar surface area (TPSA) is 66.5 Å². The quantitative estimate of drug-likeness (QED) is 0.913. The summed E-state index contributed by atoms with van der Waals surface area (Å²) >= 11 is 0. The molecule has 0 saturated heterocycles. The van der Waals surface area contributed by atoms with E-state index in [1.807, 2.05) is 26.0 Å². The van der Waals surface area contributed by atoms with E-state index in [2.05, 4.69) is 5.32 Å². The molecule has 0 bridgehead atoms. The molecule has 0 aliphatic carbocycles. The molecule has 0 spiro atoms. The Morgan fingerprint density at radius 2 is 1.74 bits per heavy atom. The van der Waals surface area contributed by atoms with Gasteiger partial charge in [0.15, 0.2) is 0 Å². The van der Waals surface area contributed by atoms with Crippen molar-refractivity contribution in [2.45, 2.75) is 18.7 Å². The van der Waals surface area contributed by atoms with Gasteiger partial charge >= 0.3 is 0 Å². The highest BCUT2D eigenvalue weighted by Gasteiger charge is 2.27. The fourth-order valence-corrected chi connectivity index (χ4v) is 3.82. The van der Waals surface area contributed by atoms with Crippen molar-refractivity contribution in [3.8, 4) is 0 Å². The van der Waals surface area contributed by atoms with Crippen molar-refractivity contribution in [2.75, 3.05) is 17.9 Å². The van der Waals surface area contributed by atoms with Gasteiger partial charge in [0.25, 0.3) is 10.0 Å². The zero-order chi connectivity index (χ0) is 17.0. The van der Waals surface area contributed by atoms with Crippen molar-refractivity contribution in [1.29, 1.82) is 0 Å². The molecule has 0 aliphatic heterocycles. The molecule has 0 unspecified atom stereocenters. The van der Waals surface area contributed by atoms with Gasteiger partial charge in [-0.3, -0.25) is 9.10 Å². The Bertz CT molecular complexity index is 802. The average Bonchev–Trinajstić information content (AvgIpc) is 2.53. The van der Waals surface area contributed by atoms with Crippen LogP contribution in [0.4, 0.5) is 5.69 Å². The van der Waals surface area contributed by atoms with E-state index in [1.54, 1.807) is 24.3 Å². The van der Waals surface area contributed by atoms with Crippen LogP contribution in [0.1, 0.15) is 11.1 Å². The van der Waals surface area contributed by atoms with E-state index in [-0.39, 0.29) is 17.3 Å². The predicted octanol–water partition coefficient (Wildman–Crippen LogP) is 2.24. The molecular formula is C17H20N2O3S. The van der Waals surface area contributed by atoms with Crippen LogP contribution in [0.3, 0.4) is 0 Å². The minimum Gasteiger partial charge on any atom is -0.358 e. The lowest BCUT2D eigenvalue weighted by atomic mass is 10.1. The highest BCUT2D eigenvalue weighted by Crippen LogP contribution is 2.27. The lowest BCUT2D eigenvalue weighted by molar-refractivity contribution is -0.119. The molecule has 1 amide bonds. The number of hydrogen-bond donors (Lipinski definition) is 1. The number of nitrogens with one attached hydrogen (secondary N) is 1. The molecule has 5 nitrogen and oxygen atoms in total. The highest BCUT2D eigenvalue weighted by molar-refractivity contribution is 7.92. The maximum Gasteiger partial charge on any atom is 0.264 e. The van der Waals surface area contributed by atoms with Gasteiger partial charge in [0.1, 0.15) is 6.54 Å². The molecule has 0 heterocycles. The zero-order valence-corrected chi connectivity index (χ0v) is 14.2. The number of sulfonamides is 1. The first kappa shape index (κ1) is 17.0. The van der Waals surface area contributed by atoms with Gasteiger partial charge in [-0.15, -0.1) is 0 Å². The van der Waals surface area contributed by atoms with E-state index in [0.717, 1.165) is 15.4 Å². The van der Waals surface area contributed by atoms with Crippen molar-refractivity contribution < 1.29 is 13.2 Å². The second-order valence-electron chi connectivity index (χ2n) is 5.29. The number of nitrogens with zero attached hydrogens (tertiary/aromatic N) is 1. The lowest BCUT2D eigenvalue weighted by Gasteiger charge is -2.25. The van der Waals surface area contributed by atoms with Crippen LogP contribution in [0.5, 0.6) is 0 Å². The Morgan fingerprint density at radius 3 is 2.30 bits per heavy atom. The summed E-state index contributed by atoms with van der Waals surface area (Å²) in [6, 6.07) is 13.6. The summed E-state index contributed by atoms with van der Waals surface area (Å²) in [5, 5.41) is 2.47. The first-order chi connectivity index (χ1) is 10.9. The van der Waals surface area contributed by atoms with E-state index in [1.165, 1.54) is 19.2 Å². The third-order valence-electron chi connectivity index (χ3n) is 3.52. The SMILES string of the molecule is CNC(=O)CN(c1ccc(C)cc1C)S(=O)(=O)c1ccccc1. The predicted molar refractivity (Wildman–Crippen MR) is 91.0 cm³/mol. The third-order valence-corrected chi connectivity index (χ3v) is 5.29. The molecule has 122 valence electrons. The van der Waals surface area contributed by atoms with Gasteiger partial charge in [0, 0.05) is 7.05 Å². The Labute approximate surface area is 137 Å². The first-order valence-corrected chi connectivity index (χ1v) is 8.66. The largest absolute Gasteiger partial charge is 0.358 e. The molecule has 0 radical (unpaired) electrons. The standard InChI is InChI=1S/C17H20N2O3S/c1-13-9-10-16(14(2)11-13)19(12-17(20)18-3)23(21,22)15-7-5-4-6-8-15/h4-11H,12H2,1-3H3,(H,18,20).